The molecule has 2 atom stereocenters. The molecular formula is C25H28ClFN4O4. The lowest BCUT2D eigenvalue weighted by Gasteiger charge is -2.56. The molecule has 0 aromatic heterocycles. The van der Waals surface area contributed by atoms with Gasteiger partial charge in [0.1, 0.15) is 17.6 Å². The average Bonchev–Trinajstić information content (AvgIpc) is 2.85. The summed E-state index contributed by atoms with van der Waals surface area (Å²) < 4.78 is 19.0. The van der Waals surface area contributed by atoms with Crippen molar-refractivity contribution in [1.82, 2.24) is 10.6 Å². The van der Waals surface area contributed by atoms with Crippen LogP contribution in [0.2, 0.25) is 5.02 Å². The fraction of sp³-hybridized carbons (Fsp3) is 0.440. The van der Waals surface area contributed by atoms with Crippen molar-refractivity contribution < 1.29 is 23.8 Å². The van der Waals surface area contributed by atoms with E-state index in [1.165, 1.54) is 12.1 Å². The Bertz CT molecular complexity index is 1140. The first-order valence-electron chi connectivity index (χ1n) is 11.8. The number of aliphatic hydroxyl groups is 1. The molecule has 8 nitrogen and oxygen atoms in total. The summed E-state index contributed by atoms with van der Waals surface area (Å²) in [6.07, 6.45) is 1.92. The van der Waals surface area contributed by atoms with Crippen LogP contribution in [0.4, 0.5) is 15.8 Å². The summed E-state index contributed by atoms with van der Waals surface area (Å²) in [5.74, 6) is -0.912. The first-order chi connectivity index (χ1) is 16.8. The number of nitrogens with one attached hydrogen (secondary N) is 4. The molecule has 2 aromatic carbocycles. The lowest BCUT2D eigenvalue weighted by Crippen LogP contribution is -2.71. The van der Waals surface area contributed by atoms with E-state index in [1.807, 2.05) is 24.3 Å². The van der Waals surface area contributed by atoms with Crippen LogP contribution in [0.15, 0.2) is 42.5 Å². The van der Waals surface area contributed by atoms with Crippen molar-refractivity contribution in [2.75, 3.05) is 23.8 Å². The predicted octanol–water partition coefficient (Wildman–Crippen LogP) is 2.81. The summed E-state index contributed by atoms with van der Waals surface area (Å²) >= 11 is 5.67. The Labute approximate surface area is 207 Å². The molecule has 2 amide bonds. The number of para-hydroxylation sites is 2. The molecular weight excluding hydrogens is 475 g/mol. The molecule has 6 rings (SSSR count). The maximum absolute atomic E-state index is 13.6. The molecule has 2 bridgehead atoms. The maximum atomic E-state index is 13.6. The van der Waals surface area contributed by atoms with Crippen LogP contribution in [-0.2, 0) is 9.59 Å². The van der Waals surface area contributed by atoms with Crippen LogP contribution in [0, 0.1) is 5.82 Å². The number of rotatable bonds is 6. The van der Waals surface area contributed by atoms with Gasteiger partial charge in [0.2, 0.25) is 5.91 Å². The molecule has 35 heavy (non-hydrogen) atoms. The molecule has 1 heterocycles. The van der Waals surface area contributed by atoms with Crippen molar-refractivity contribution in [1.29, 1.82) is 0 Å². The Hall–Kier alpha value is -3.04. The number of benzene rings is 2. The number of hydrogen-bond donors (Lipinski definition) is 5. The molecule has 186 valence electrons. The van der Waals surface area contributed by atoms with Gasteiger partial charge >= 0.3 is 0 Å². The largest absolute Gasteiger partial charge is 0.484 e. The highest BCUT2D eigenvalue weighted by molar-refractivity contribution is 6.30. The Balaban J connectivity index is 1.16. The van der Waals surface area contributed by atoms with E-state index in [0.717, 1.165) is 17.4 Å². The van der Waals surface area contributed by atoms with E-state index in [1.54, 1.807) is 0 Å². The molecule has 2 aromatic rings. The topological polar surface area (TPSA) is 112 Å². The number of fused-ring (bicyclic) bond motifs is 4. The van der Waals surface area contributed by atoms with Gasteiger partial charge in [-0.25, -0.2) is 4.39 Å². The predicted molar refractivity (Wildman–Crippen MR) is 130 cm³/mol. The van der Waals surface area contributed by atoms with Gasteiger partial charge in [-0.3, -0.25) is 9.59 Å². The zero-order valence-corrected chi connectivity index (χ0v) is 19.8. The van der Waals surface area contributed by atoms with Gasteiger partial charge in [0, 0.05) is 18.2 Å². The van der Waals surface area contributed by atoms with Crippen LogP contribution in [0.3, 0.4) is 0 Å². The van der Waals surface area contributed by atoms with Gasteiger partial charge in [0.15, 0.2) is 6.61 Å². The highest BCUT2D eigenvalue weighted by Gasteiger charge is 2.55. The van der Waals surface area contributed by atoms with E-state index in [0.29, 0.717) is 38.6 Å². The summed E-state index contributed by atoms with van der Waals surface area (Å²) in [5.41, 5.74) is 0.561. The number of amides is 2. The molecule has 3 saturated carbocycles. The van der Waals surface area contributed by atoms with Crippen LogP contribution in [0.25, 0.3) is 0 Å². The summed E-state index contributed by atoms with van der Waals surface area (Å²) in [5, 5.41) is 23.7. The molecule has 2 unspecified atom stereocenters. The van der Waals surface area contributed by atoms with Gasteiger partial charge in [0.05, 0.1) is 28.0 Å². The summed E-state index contributed by atoms with van der Waals surface area (Å²) in [4.78, 5) is 25.6. The maximum Gasteiger partial charge on any atom is 0.258 e. The summed E-state index contributed by atoms with van der Waals surface area (Å²) in [7, 11) is 0. The smallest absolute Gasteiger partial charge is 0.258 e. The Morgan fingerprint density at radius 1 is 1.11 bits per heavy atom. The molecule has 5 N–H and O–H groups in total. The first kappa shape index (κ1) is 23.7. The molecule has 0 spiro atoms. The Morgan fingerprint density at radius 2 is 1.86 bits per heavy atom. The van der Waals surface area contributed by atoms with Crippen molar-refractivity contribution >= 4 is 34.8 Å². The minimum absolute atomic E-state index is 0.0185. The molecule has 1 aliphatic heterocycles. The summed E-state index contributed by atoms with van der Waals surface area (Å²) in [6, 6.07) is 11.3. The van der Waals surface area contributed by atoms with E-state index in [4.69, 9.17) is 16.3 Å². The highest BCUT2D eigenvalue weighted by Crippen LogP contribution is 2.47. The van der Waals surface area contributed by atoms with Crippen LogP contribution in [0.5, 0.6) is 5.75 Å². The number of carbonyl (C=O) groups is 2. The number of carbonyl (C=O) groups excluding carboxylic acids is 2. The molecule has 4 aliphatic rings. The number of hydrogen-bond acceptors (Lipinski definition) is 6. The molecule has 0 radical (unpaired) electrons. The van der Waals surface area contributed by atoms with Crippen molar-refractivity contribution in [3.05, 3.63) is 53.3 Å². The minimum atomic E-state index is -0.788. The third-order valence-corrected chi connectivity index (χ3v) is 7.74. The van der Waals surface area contributed by atoms with Gasteiger partial charge in [0.25, 0.3) is 5.91 Å². The third kappa shape index (κ3) is 4.75. The molecule has 0 saturated heterocycles. The highest BCUT2D eigenvalue weighted by atomic mass is 35.5. The van der Waals surface area contributed by atoms with Crippen LogP contribution in [-0.4, -0.2) is 53.3 Å². The lowest BCUT2D eigenvalue weighted by molar-refractivity contribution is -0.136. The second-order valence-corrected chi connectivity index (χ2v) is 10.1. The second-order valence-electron chi connectivity index (χ2n) is 9.68. The second kappa shape index (κ2) is 9.20. The van der Waals surface area contributed by atoms with Crippen molar-refractivity contribution in [3.8, 4) is 5.75 Å². The molecule has 3 fully saturated rings. The normalized spacial score (nSPS) is 28.8. The average molecular weight is 503 g/mol. The lowest BCUT2D eigenvalue weighted by atomic mass is 9.59. The first-order valence-corrected chi connectivity index (χ1v) is 12.1. The quantitative estimate of drug-likeness (QED) is 0.415. The van der Waals surface area contributed by atoms with E-state index in [-0.39, 0.29) is 29.2 Å². The standard InChI is InChI=1S/C25H28ClFN4O4/c26-16-6-5-15(11-17(16)27)35-14-22(33)30-24-7-9-25(10-8-24,21(32)12-24)31-23(34)20-13-28-18-3-1-2-4-19(18)29-20/h1-6,11,20-21,28-29,32H,7-10,12-14H2,(H,30,33)(H,31,34). The Morgan fingerprint density at radius 3 is 2.57 bits per heavy atom. The molecule has 3 aliphatic carbocycles. The van der Waals surface area contributed by atoms with Crippen molar-refractivity contribution in [2.45, 2.75) is 55.3 Å². The van der Waals surface area contributed by atoms with E-state index in [9.17, 15) is 19.1 Å². The Kier molecular flexibility index (Phi) is 6.23. The number of halogens is 2. The summed E-state index contributed by atoms with van der Waals surface area (Å²) in [6.45, 7) is 0.176. The van der Waals surface area contributed by atoms with Gasteiger partial charge in [-0.2, -0.15) is 0 Å². The van der Waals surface area contributed by atoms with Gasteiger partial charge in [-0.05, 0) is 56.4 Å². The zero-order chi connectivity index (χ0) is 24.6. The van der Waals surface area contributed by atoms with E-state index in [2.05, 4.69) is 21.3 Å². The fourth-order valence-electron chi connectivity index (χ4n) is 5.41. The number of aliphatic hydroxyl groups excluding tert-OH is 1. The van der Waals surface area contributed by atoms with E-state index < -0.39 is 29.0 Å². The van der Waals surface area contributed by atoms with Gasteiger partial charge < -0.3 is 31.1 Å². The SMILES string of the molecule is O=C(COc1ccc(Cl)c(F)c1)NC12CCC(NC(=O)C3CNc4ccccc4N3)(CC1)C(O)C2. The van der Waals surface area contributed by atoms with Crippen LogP contribution in [0.1, 0.15) is 32.1 Å². The van der Waals surface area contributed by atoms with Crippen LogP contribution < -0.4 is 26.0 Å². The molecule has 10 heteroatoms. The van der Waals surface area contributed by atoms with Crippen LogP contribution >= 0.6 is 11.6 Å². The van der Waals surface area contributed by atoms with Gasteiger partial charge in [-0.1, -0.05) is 23.7 Å². The zero-order valence-electron chi connectivity index (χ0n) is 19.1. The van der Waals surface area contributed by atoms with Crippen molar-refractivity contribution in [3.63, 3.8) is 0 Å². The number of ether oxygens (including phenoxy) is 1. The fourth-order valence-corrected chi connectivity index (χ4v) is 5.53. The van der Waals surface area contributed by atoms with E-state index >= 15 is 0 Å². The number of anilines is 2. The third-order valence-electron chi connectivity index (χ3n) is 7.43. The monoisotopic (exact) mass is 502 g/mol. The van der Waals surface area contributed by atoms with Crippen molar-refractivity contribution in [2.24, 2.45) is 0 Å². The van der Waals surface area contributed by atoms with Gasteiger partial charge in [-0.15, -0.1) is 0 Å². The minimum Gasteiger partial charge on any atom is -0.484 e.